The number of ether oxygens (including phenoxy) is 1. The van der Waals surface area contributed by atoms with Crippen molar-refractivity contribution >= 4 is 22.9 Å². The highest BCUT2D eigenvalue weighted by Crippen LogP contribution is 2.32. The van der Waals surface area contributed by atoms with E-state index in [9.17, 15) is 4.79 Å². The summed E-state index contributed by atoms with van der Waals surface area (Å²) < 4.78 is 5.29. The first-order chi connectivity index (χ1) is 14.2. The number of aromatic amines is 1. The number of carbonyl (C=O) groups is 1. The first kappa shape index (κ1) is 19.2. The molecule has 0 radical (unpaired) electrons. The summed E-state index contributed by atoms with van der Waals surface area (Å²) in [6, 6.07) is 12.7. The van der Waals surface area contributed by atoms with Gasteiger partial charge >= 0.3 is 0 Å². The molecule has 3 aromatic rings. The van der Waals surface area contributed by atoms with Gasteiger partial charge in [0.1, 0.15) is 5.75 Å². The summed E-state index contributed by atoms with van der Waals surface area (Å²) in [5.41, 5.74) is 7.61. The molecular weight excluding hydrogens is 366 g/mol. The molecule has 4 N–H and O–H groups in total. The lowest BCUT2D eigenvalue weighted by Crippen LogP contribution is -2.21. The fourth-order valence-corrected chi connectivity index (χ4v) is 4.04. The number of nitrogens with one attached hydrogen (secondary N) is 3. The van der Waals surface area contributed by atoms with Gasteiger partial charge in [0.25, 0.3) is 5.91 Å². The van der Waals surface area contributed by atoms with Gasteiger partial charge in [-0.25, -0.2) is 5.48 Å². The number of aromatic nitrogens is 1. The second-order valence-electron chi connectivity index (χ2n) is 7.29. The number of H-pyrrole nitrogens is 1. The number of rotatable bonds is 7. The molecule has 2 aromatic carbocycles. The average molecular weight is 391 g/mol. The number of methoxy groups -OCH3 is 1. The standard InChI is InChI=1S/C23H25N3O3/c1-29-18-5-7-20-17(14-25-22(20)13-18)10-11-24-21-8-4-16-12-15(2-6-19(16)21)3-9-23(27)26-28/h2-3,5-7,9,12-14,21,24-25,28H,4,8,10-11H2,1H3,(H,26,27). The van der Waals surface area contributed by atoms with E-state index in [1.165, 1.54) is 28.2 Å². The second kappa shape index (κ2) is 8.51. The van der Waals surface area contributed by atoms with E-state index in [0.29, 0.717) is 6.04 Å². The third-order valence-electron chi connectivity index (χ3n) is 5.54. The van der Waals surface area contributed by atoms with Crippen molar-refractivity contribution in [2.45, 2.75) is 25.3 Å². The fourth-order valence-electron chi connectivity index (χ4n) is 4.04. The maximum absolute atomic E-state index is 11.1. The monoisotopic (exact) mass is 391 g/mol. The fraction of sp³-hybridized carbons (Fsp3) is 0.261. The lowest BCUT2D eigenvalue weighted by molar-refractivity contribution is -0.124. The predicted octanol–water partition coefficient (Wildman–Crippen LogP) is 3.51. The lowest BCUT2D eigenvalue weighted by Gasteiger charge is -2.14. The summed E-state index contributed by atoms with van der Waals surface area (Å²) >= 11 is 0. The van der Waals surface area contributed by atoms with Gasteiger partial charge in [0.15, 0.2) is 0 Å². The van der Waals surface area contributed by atoms with Crippen LogP contribution in [0.4, 0.5) is 0 Å². The van der Waals surface area contributed by atoms with Crippen molar-refractivity contribution in [2.24, 2.45) is 0 Å². The van der Waals surface area contributed by atoms with Gasteiger partial charge in [-0.15, -0.1) is 0 Å². The van der Waals surface area contributed by atoms with Crippen LogP contribution in [-0.2, 0) is 17.6 Å². The molecule has 0 bridgehead atoms. The number of carbonyl (C=O) groups excluding carboxylic acids is 1. The Hall–Kier alpha value is -3.09. The third kappa shape index (κ3) is 4.18. The highest BCUT2D eigenvalue weighted by molar-refractivity contribution is 5.90. The van der Waals surface area contributed by atoms with Crippen LogP contribution in [0.5, 0.6) is 5.75 Å². The van der Waals surface area contributed by atoms with Crippen LogP contribution in [0.3, 0.4) is 0 Å². The van der Waals surface area contributed by atoms with Crippen LogP contribution in [0.15, 0.2) is 48.7 Å². The summed E-state index contributed by atoms with van der Waals surface area (Å²) in [5.74, 6) is 0.332. The maximum atomic E-state index is 11.1. The molecule has 150 valence electrons. The summed E-state index contributed by atoms with van der Waals surface area (Å²) in [6.45, 7) is 0.904. The Morgan fingerprint density at radius 2 is 2.21 bits per heavy atom. The Balaban J connectivity index is 1.37. The molecular formula is C23H25N3O3. The number of hydrogen-bond acceptors (Lipinski definition) is 4. The van der Waals surface area contributed by atoms with Gasteiger partial charge in [0.05, 0.1) is 7.11 Å². The van der Waals surface area contributed by atoms with E-state index >= 15 is 0 Å². The summed E-state index contributed by atoms with van der Waals surface area (Å²) in [5, 5.41) is 13.5. The van der Waals surface area contributed by atoms with Crippen molar-refractivity contribution in [3.05, 3.63) is 70.9 Å². The zero-order chi connectivity index (χ0) is 20.2. The van der Waals surface area contributed by atoms with Crippen molar-refractivity contribution in [3.63, 3.8) is 0 Å². The Bertz CT molecular complexity index is 1050. The molecule has 6 nitrogen and oxygen atoms in total. The van der Waals surface area contributed by atoms with Gasteiger partial charge in [-0.05, 0) is 66.3 Å². The van der Waals surface area contributed by atoms with Gasteiger partial charge in [0, 0.05) is 35.3 Å². The third-order valence-corrected chi connectivity index (χ3v) is 5.54. The quantitative estimate of drug-likeness (QED) is 0.282. The molecule has 1 aliphatic carbocycles. The molecule has 6 heteroatoms. The van der Waals surface area contributed by atoms with Crippen LogP contribution >= 0.6 is 0 Å². The molecule has 1 unspecified atom stereocenters. The molecule has 0 saturated carbocycles. The SMILES string of the molecule is COc1ccc2c(CCNC3CCc4cc(C=CC(=O)NO)ccc43)c[nH]c2c1. The summed E-state index contributed by atoms with van der Waals surface area (Å²) in [6.07, 6.45) is 8.16. The van der Waals surface area contributed by atoms with Crippen LogP contribution in [0.1, 0.15) is 34.7 Å². The average Bonchev–Trinajstić information content (AvgIpc) is 3.35. The molecule has 1 heterocycles. The number of amides is 1. The highest BCUT2D eigenvalue weighted by atomic mass is 16.5. The molecule has 0 saturated heterocycles. The molecule has 1 amide bonds. The number of hydroxylamine groups is 1. The number of benzene rings is 2. The van der Waals surface area contributed by atoms with Crippen LogP contribution < -0.4 is 15.5 Å². The Labute approximate surface area is 169 Å². The number of aryl methyl sites for hydroxylation is 1. The van der Waals surface area contributed by atoms with Crippen LogP contribution in [-0.4, -0.2) is 29.8 Å². The van der Waals surface area contributed by atoms with E-state index in [0.717, 1.165) is 42.6 Å². The Morgan fingerprint density at radius 3 is 3.03 bits per heavy atom. The van der Waals surface area contributed by atoms with Crippen molar-refractivity contribution in [1.29, 1.82) is 0 Å². The summed E-state index contributed by atoms with van der Waals surface area (Å²) in [4.78, 5) is 14.5. The molecule has 1 aliphatic rings. The molecule has 1 atom stereocenters. The minimum atomic E-state index is -0.527. The molecule has 0 fully saturated rings. The smallest absolute Gasteiger partial charge is 0.267 e. The van der Waals surface area contributed by atoms with E-state index < -0.39 is 5.91 Å². The van der Waals surface area contributed by atoms with Crippen LogP contribution in [0.2, 0.25) is 0 Å². The highest BCUT2D eigenvalue weighted by Gasteiger charge is 2.21. The van der Waals surface area contributed by atoms with E-state index in [1.807, 2.05) is 18.2 Å². The predicted molar refractivity (Wildman–Crippen MR) is 113 cm³/mol. The topological polar surface area (TPSA) is 86.4 Å². The molecule has 0 spiro atoms. The van der Waals surface area contributed by atoms with E-state index in [2.05, 4.69) is 34.7 Å². The second-order valence-corrected chi connectivity index (χ2v) is 7.29. The van der Waals surface area contributed by atoms with Gasteiger partial charge in [0.2, 0.25) is 0 Å². The van der Waals surface area contributed by atoms with Gasteiger partial charge in [-0.2, -0.15) is 0 Å². The minimum Gasteiger partial charge on any atom is -0.497 e. The minimum absolute atomic E-state index is 0.356. The van der Waals surface area contributed by atoms with E-state index in [4.69, 9.17) is 9.94 Å². The lowest BCUT2D eigenvalue weighted by atomic mass is 10.0. The van der Waals surface area contributed by atoms with Crippen molar-refractivity contribution in [1.82, 2.24) is 15.8 Å². The number of fused-ring (bicyclic) bond motifs is 2. The molecule has 1 aromatic heterocycles. The Morgan fingerprint density at radius 1 is 1.31 bits per heavy atom. The first-order valence-electron chi connectivity index (χ1n) is 9.80. The molecule has 0 aliphatic heterocycles. The maximum Gasteiger partial charge on any atom is 0.267 e. The Kier molecular flexibility index (Phi) is 5.64. The van der Waals surface area contributed by atoms with Gasteiger partial charge in [-0.3, -0.25) is 10.0 Å². The van der Waals surface area contributed by atoms with E-state index in [1.54, 1.807) is 18.7 Å². The van der Waals surface area contributed by atoms with Crippen LogP contribution in [0, 0.1) is 0 Å². The van der Waals surface area contributed by atoms with Crippen molar-refractivity contribution in [2.75, 3.05) is 13.7 Å². The zero-order valence-electron chi connectivity index (χ0n) is 16.4. The van der Waals surface area contributed by atoms with Crippen molar-refractivity contribution in [3.8, 4) is 5.75 Å². The van der Waals surface area contributed by atoms with Gasteiger partial charge in [-0.1, -0.05) is 18.2 Å². The van der Waals surface area contributed by atoms with Gasteiger partial charge < -0.3 is 15.0 Å². The van der Waals surface area contributed by atoms with Crippen LogP contribution in [0.25, 0.3) is 17.0 Å². The molecule has 4 rings (SSSR count). The number of hydrogen-bond donors (Lipinski definition) is 4. The first-order valence-corrected chi connectivity index (χ1v) is 9.80. The van der Waals surface area contributed by atoms with Crippen molar-refractivity contribution < 1.29 is 14.7 Å². The summed E-state index contributed by atoms with van der Waals surface area (Å²) in [7, 11) is 1.68. The molecule has 29 heavy (non-hydrogen) atoms. The normalized spacial score (nSPS) is 15.7. The largest absolute Gasteiger partial charge is 0.497 e. The zero-order valence-corrected chi connectivity index (χ0v) is 16.4. The van der Waals surface area contributed by atoms with E-state index in [-0.39, 0.29) is 0 Å².